The lowest BCUT2D eigenvalue weighted by molar-refractivity contribution is -0.0361. The minimum absolute atomic E-state index is 0.238. The number of rotatable bonds is 5. The van der Waals surface area contributed by atoms with Gasteiger partial charge in [-0.3, -0.25) is 4.90 Å². The van der Waals surface area contributed by atoms with Crippen molar-refractivity contribution in [3.8, 4) is 5.75 Å². The Morgan fingerprint density at radius 1 is 1.48 bits per heavy atom. The predicted octanol–water partition coefficient (Wildman–Crippen LogP) is 1.63. The highest BCUT2D eigenvalue weighted by Crippen LogP contribution is 2.19. The molecule has 0 radical (unpaired) electrons. The molecule has 2 aromatic rings. The highest BCUT2D eigenvalue weighted by atomic mass is 16.5. The Labute approximate surface area is 124 Å². The van der Waals surface area contributed by atoms with Crippen LogP contribution in [0.25, 0.3) is 10.9 Å². The number of aromatic nitrogens is 1. The molecule has 1 aliphatic heterocycles. The molecular weight excluding hydrogens is 268 g/mol. The van der Waals surface area contributed by atoms with Crippen molar-refractivity contribution < 1.29 is 14.6 Å². The molecule has 2 heterocycles. The molecule has 1 aromatic carbocycles. The molecule has 0 saturated carbocycles. The summed E-state index contributed by atoms with van der Waals surface area (Å²) in [5.41, 5.74) is 1.05. The Morgan fingerprint density at radius 3 is 3.24 bits per heavy atom. The fraction of sp³-hybridized carbons (Fsp3) is 0.500. The molecule has 1 fully saturated rings. The number of aliphatic hydroxyl groups is 1. The van der Waals surface area contributed by atoms with Gasteiger partial charge in [0.2, 0.25) is 0 Å². The number of morpholine rings is 1. The fourth-order valence-corrected chi connectivity index (χ4v) is 2.72. The van der Waals surface area contributed by atoms with E-state index in [0.717, 1.165) is 36.3 Å². The number of hydrogen-bond donors (Lipinski definition) is 2. The van der Waals surface area contributed by atoms with Gasteiger partial charge in [0.05, 0.1) is 12.7 Å². The number of aliphatic hydroxyl groups excluding tert-OH is 1. The molecule has 0 aliphatic carbocycles. The van der Waals surface area contributed by atoms with Gasteiger partial charge in [0, 0.05) is 37.4 Å². The van der Waals surface area contributed by atoms with Crippen LogP contribution in [-0.2, 0) is 4.74 Å². The standard InChI is InChI=1S/C16H22N2O3/c1-12-9-18(6-7-20-12)10-14(19)11-21-15-3-2-13-4-5-17-16(13)8-15/h2-5,8,12,14,17,19H,6-7,9-11H2,1H3/t12-,14?/m0/s1. The lowest BCUT2D eigenvalue weighted by Gasteiger charge is -2.32. The maximum Gasteiger partial charge on any atom is 0.121 e. The van der Waals surface area contributed by atoms with Crippen molar-refractivity contribution in [3.63, 3.8) is 0 Å². The smallest absolute Gasteiger partial charge is 0.121 e. The van der Waals surface area contributed by atoms with Gasteiger partial charge >= 0.3 is 0 Å². The molecule has 0 spiro atoms. The third-order valence-electron chi connectivity index (χ3n) is 3.76. The van der Waals surface area contributed by atoms with Crippen molar-refractivity contribution >= 4 is 10.9 Å². The van der Waals surface area contributed by atoms with E-state index in [1.165, 1.54) is 0 Å². The summed E-state index contributed by atoms with van der Waals surface area (Å²) >= 11 is 0. The molecular formula is C16H22N2O3. The topological polar surface area (TPSA) is 57.7 Å². The largest absolute Gasteiger partial charge is 0.491 e. The predicted molar refractivity (Wildman–Crippen MR) is 81.7 cm³/mol. The first-order valence-electron chi connectivity index (χ1n) is 7.42. The molecule has 114 valence electrons. The average Bonchev–Trinajstić information content (AvgIpc) is 2.92. The van der Waals surface area contributed by atoms with Crippen LogP contribution < -0.4 is 4.74 Å². The average molecular weight is 290 g/mol. The van der Waals surface area contributed by atoms with Gasteiger partial charge in [-0.25, -0.2) is 0 Å². The zero-order valence-corrected chi connectivity index (χ0v) is 12.3. The molecule has 1 saturated heterocycles. The van der Waals surface area contributed by atoms with E-state index < -0.39 is 6.10 Å². The Kier molecular flexibility index (Phi) is 4.43. The number of aromatic amines is 1. The van der Waals surface area contributed by atoms with Crippen LogP contribution in [-0.4, -0.2) is 60.0 Å². The first-order valence-corrected chi connectivity index (χ1v) is 7.42. The number of hydrogen-bond acceptors (Lipinski definition) is 4. The van der Waals surface area contributed by atoms with E-state index in [-0.39, 0.29) is 6.10 Å². The molecule has 3 rings (SSSR count). The second-order valence-corrected chi connectivity index (χ2v) is 5.63. The molecule has 5 nitrogen and oxygen atoms in total. The van der Waals surface area contributed by atoms with Crippen LogP contribution in [0.3, 0.4) is 0 Å². The Bertz CT molecular complexity index is 584. The number of ether oxygens (including phenoxy) is 2. The van der Waals surface area contributed by atoms with Crippen molar-refractivity contribution in [2.75, 3.05) is 32.8 Å². The molecule has 21 heavy (non-hydrogen) atoms. The van der Waals surface area contributed by atoms with Gasteiger partial charge in [0.1, 0.15) is 18.5 Å². The fourth-order valence-electron chi connectivity index (χ4n) is 2.72. The summed E-state index contributed by atoms with van der Waals surface area (Å²) in [4.78, 5) is 5.37. The van der Waals surface area contributed by atoms with Crippen LogP contribution in [0, 0.1) is 0 Å². The maximum absolute atomic E-state index is 10.1. The van der Waals surface area contributed by atoms with Gasteiger partial charge in [-0.05, 0) is 30.5 Å². The van der Waals surface area contributed by atoms with Crippen LogP contribution >= 0.6 is 0 Å². The quantitative estimate of drug-likeness (QED) is 0.879. The SMILES string of the molecule is C[C@H]1CN(CC(O)COc2ccc3cc[nH]c3c2)CCO1. The van der Waals surface area contributed by atoms with Gasteiger partial charge in [-0.1, -0.05) is 0 Å². The summed E-state index contributed by atoms with van der Waals surface area (Å²) in [6, 6.07) is 7.92. The van der Waals surface area contributed by atoms with Gasteiger partial charge in [-0.2, -0.15) is 0 Å². The van der Waals surface area contributed by atoms with E-state index in [1.807, 2.05) is 30.5 Å². The maximum atomic E-state index is 10.1. The van der Waals surface area contributed by atoms with Gasteiger partial charge < -0.3 is 19.6 Å². The molecule has 1 unspecified atom stereocenters. The van der Waals surface area contributed by atoms with Crippen LogP contribution in [0.1, 0.15) is 6.92 Å². The molecule has 5 heteroatoms. The van der Waals surface area contributed by atoms with Gasteiger partial charge in [0.15, 0.2) is 0 Å². The number of nitrogens with zero attached hydrogens (tertiary/aromatic N) is 1. The van der Waals surface area contributed by atoms with Crippen molar-refractivity contribution in [1.29, 1.82) is 0 Å². The normalized spacial score (nSPS) is 21.5. The minimum Gasteiger partial charge on any atom is -0.491 e. The van der Waals surface area contributed by atoms with Crippen molar-refractivity contribution in [1.82, 2.24) is 9.88 Å². The highest BCUT2D eigenvalue weighted by Gasteiger charge is 2.19. The van der Waals surface area contributed by atoms with Crippen LogP contribution in [0.2, 0.25) is 0 Å². The zero-order chi connectivity index (χ0) is 14.7. The first-order chi connectivity index (χ1) is 10.2. The number of H-pyrrole nitrogens is 1. The molecule has 2 N–H and O–H groups in total. The first kappa shape index (κ1) is 14.4. The molecule has 1 aromatic heterocycles. The summed E-state index contributed by atoms with van der Waals surface area (Å²) < 4.78 is 11.2. The van der Waals surface area contributed by atoms with Crippen LogP contribution in [0.4, 0.5) is 0 Å². The molecule has 0 amide bonds. The number of fused-ring (bicyclic) bond motifs is 1. The number of benzene rings is 1. The van der Waals surface area contributed by atoms with E-state index in [1.54, 1.807) is 0 Å². The third-order valence-corrected chi connectivity index (χ3v) is 3.76. The summed E-state index contributed by atoms with van der Waals surface area (Å²) in [7, 11) is 0. The number of β-amino-alcohol motifs (C(OH)–C–C–N with tert-alkyl or cyclic N) is 1. The Balaban J connectivity index is 1.49. The van der Waals surface area contributed by atoms with E-state index >= 15 is 0 Å². The lowest BCUT2D eigenvalue weighted by Crippen LogP contribution is -2.45. The van der Waals surface area contributed by atoms with Crippen molar-refractivity contribution in [2.24, 2.45) is 0 Å². The van der Waals surface area contributed by atoms with Crippen LogP contribution in [0.5, 0.6) is 5.75 Å². The van der Waals surface area contributed by atoms with Gasteiger partial charge in [0.25, 0.3) is 0 Å². The van der Waals surface area contributed by atoms with E-state index in [0.29, 0.717) is 13.2 Å². The lowest BCUT2D eigenvalue weighted by atomic mass is 10.2. The summed E-state index contributed by atoms with van der Waals surface area (Å²) in [5, 5.41) is 11.3. The van der Waals surface area contributed by atoms with E-state index in [2.05, 4.69) is 16.8 Å². The number of nitrogens with one attached hydrogen (secondary N) is 1. The van der Waals surface area contributed by atoms with Crippen molar-refractivity contribution in [2.45, 2.75) is 19.1 Å². The highest BCUT2D eigenvalue weighted by molar-refractivity contribution is 5.80. The third kappa shape index (κ3) is 3.75. The monoisotopic (exact) mass is 290 g/mol. The van der Waals surface area contributed by atoms with E-state index in [4.69, 9.17) is 9.47 Å². The molecule has 1 aliphatic rings. The summed E-state index contributed by atoms with van der Waals surface area (Å²) in [6.07, 6.45) is 1.65. The molecule has 0 bridgehead atoms. The molecule has 2 atom stereocenters. The van der Waals surface area contributed by atoms with Crippen molar-refractivity contribution in [3.05, 3.63) is 30.5 Å². The Morgan fingerprint density at radius 2 is 2.38 bits per heavy atom. The summed E-state index contributed by atoms with van der Waals surface area (Å²) in [5.74, 6) is 0.777. The van der Waals surface area contributed by atoms with Gasteiger partial charge in [-0.15, -0.1) is 0 Å². The van der Waals surface area contributed by atoms with E-state index in [9.17, 15) is 5.11 Å². The Hall–Kier alpha value is -1.56. The zero-order valence-electron chi connectivity index (χ0n) is 12.3. The van der Waals surface area contributed by atoms with Crippen LogP contribution in [0.15, 0.2) is 30.5 Å². The second kappa shape index (κ2) is 6.47. The minimum atomic E-state index is -0.491. The summed E-state index contributed by atoms with van der Waals surface area (Å²) in [6.45, 7) is 5.45. The second-order valence-electron chi connectivity index (χ2n) is 5.63.